The van der Waals surface area contributed by atoms with Crippen molar-refractivity contribution in [2.75, 3.05) is 6.54 Å². The van der Waals surface area contributed by atoms with E-state index in [9.17, 15) is 9.90 Å². The average molecular weight is 141 g/mol. The van der Waals surface area contributed by atoms with Gasteiger partial charge >= 0.3 is 0 Å². The number of amides is 1. The van der Waals surface area contributed by atoms with Crippen LogP contribution in [0, 0.1) is 0 Å². The van der Waals surface area contributed by atoms with Crippen molar-refractivity contribution in [2.24, 2.45) is 0 Å². The van der Waals surface area contributed by atoms with E-state index in [1.54, 1.807) is 0 Å². The fourth-order valence-electron chi connectivity index (χ4n) is 1.93. The molecule has 2 fully saturated rings. The third-order valence-corrected chi connectivity index (χ3v) is 2.45. The first-order valence-corrected chi connectivity index (χ1v) is 3.76. The molecule has 0 unspecified atom stereocenters. The summed E-state index contributed by atoms with van der Waals surface area (Å²) < 4.78 is 0. The Morgan fingerprint density at radius 2 is 2.40 bits per heavy atom. The highest BCUT2D eigenvalue weighted by Gasteiger charge is 2.41. The van der Waals surface area contributed by atoms with Gasteiger partial charge in [-0.15, -0.1) is 0 Å². The highest BCUT2D eigenvalue weighted by Crippen LogP contribution is 2.28. The quantitative estimate of drug-likeness (QED) is 0.505. The Balaban J connectivity index is 2.19. The molecule has 0 aromatic carbocycles. The van der Waals surface area contributed by atoms with Crippen molar-refractivity contribution in [3.8, 4) is 0 Å². The Hall–Kier alpha value is -0.570. The van der Waals surface area contributed by atoms with E-state index in [4.69, 9.17) is 0 Å². The van der Waals surface area contributed by atoms with E-state index >= 15 is 0 Å². The van der Waals surface area contributed by atoms with Crippen molar-refractivity contribution in [3.63, 3.8) is 0 Å². The predicted molar refractivity (Wildman–Crippen MR) is 35.4 cm³/mol. The highest BCUT2D eigenvalue weighted by atomic mass is 16.3. The SMILES string of the molecule is O=C1C[C@@H](O)[C@H]2CCCN12. The van der Waals surface area contributed by atoms with Crippen molar-refractivity contribution in [1.29, 1.82) is 0 Å². The van der Waals surface area contributed by atoms with Crippen LogP contribution in [0.5, 0.6) is 0 Å². The Bertz CT molecular complexity index is 169. The Morgan fingerprint density at radius 1 is 1.60 bits per heavy atom. The van der Waals surface area contributed by atoms with Gasteiger partial charge in [-0.3, -0.25) is 4.79 Å². The number of hydrogen-bond donors (Lipinski definition) is 1. The molecular formula is C7H11NO2. The van der Waals surface area contributed by atoms with Crippen LogP contribution in [0.4, 0.5) is 0 Å². The second-order valence-corrected chi connectivity index (χ2v) is 3.07. The monoisotopic (exact) mass is 141 g/mol. The van der Waals surface area contributed by atoms with E-state index in [1.165, 1.54) is 0 Å². The summed E-state index contributed by atoms with van der Waals surface area (Å²) in [6, 6.07) is 0.160. The number of rotatable bonds is 0. The molecule has 2 atom stereocenters. The lowest BCUT2D eigenvalue weighted by atomic mass is 10.1. The van der Waals surface area contributed by atoms with E-state index in [1.807, 2.05) is 4.90 Å². The van der Waals surface area contributed by atoms with Crippen LogP contribution in [0.1, 0.15) is 19.3 Å². The summed E-state index contributed by atoms with van der Waals surface area (Å²) in [5.74, 6) is 0.134. The Morgan fingerprint density at radius 3 is 3.10 bits per heavy atom. The van der Waals surface area contributed by atoms with Crippen LogP contribution >= 0.6 is 0 Å². The third-order valence-electron chi connectivity index (χ3n) is 2.45. The zero-order valence-corrected chi connectivity index (χ0v) is 5.79. The molecule has 0 aromatic rings. The molecule has 1 N–H and O–H groups in total. The molecule has 2 saturated heterocycles. The molecule has 3 heteroatoms. The first kappa shape index (κ1) is 6.16. The van der Waals surface area contributed by atoms with E-state index in [0.29, 0.717) is 6.42 Å². The lowest BCUT2D eigenvalue weighted by Crippen LogP contribution is -2.30. The van der Waals surface area contributed by atoms with Gasteiger partial charge < -0.3 is 10.0 Å². The maximum absolute atomic E-state index is 11.0. The zero-order valence-electron chi connectivity index (χ0n) is 5.79. The molecule has 56 valence electrons. The fourth-order valence-corrected chi connectivity index (χ4v) is 1.93. The number of carbonyl (C=O) groups excluding carboxylic acids is 1. The number of nitrogens with zero attached hydrogens (tertiary/aromatic N) is 1. The van der Waals surface area contributed by atoms with E-state index in [-0.39, 0.29) is 18.1 Å². The van der Waals surface area contributed by atoms with Gasteiger partial charge in [0.15, 0.2) is 0 Å². The molecule has 10 heavy (non-hydrogen) atoms. The summed E-state index contributed by atoms with van der Waals surface area (Å²) in [5, 5.41) is 9.31. The van der Waals surface area contributed by atoms with Gasteiger partial charge in [-0.2, -0.15) is 0 Å². The summed E-state index contributed by atoms with van der Waals surface area (Å²) in [6.07, 6.45) is 2.03. The maximum Gasteiger partial charge on any atom is 0.225 e. The molecule has 0 spiro atoms. The van der Waals surface area contributed by atoms with Crippen molar-refractivity contribution < 1.29 is 9.90 Å². The lowest BCUT2D eigenvalue weighted by Gasteiger charge is -2.15. The summed E-state index contributed by atoms with van der Waals surface area (Å²) in [6.45, 7) is 0.862. The third kappa shape index (κ3) is 0.669. The van der Waals surface area contributed by atoms with Gasteiger partial charge in [0, 0.05) is 6.54 Å². The van der Waals surface area contributed by atoms with Crippen LogP contribution in [0.15, 0.2) is 0 Å². The average Bonchev–Trinajstić information content (AvgIpc) is 2.39. The first-order valence-electron chi connectivity index (χ1n) is 3.76. The van der Waals surface area contributed by atoms with E-state index < -0.39 is 0 Å². The molecule has 0 radical (unpaired) electrons. The number of aliphatic hydroxyl groups is 1. The van der Waals surface area contributed by atoms with E-state index in [0.717, 1.165) is 19.4 Å². The zero-order chi connectivity index (χ0) is 7.14. The smallest absolute Gasteiger partial charge is 0.225 e. The second-order valence-electron chi connectivity index (χ2n) is 3.07. The summed E-state index contributed by atoms with van der Waals surface area (Å²) in [4.78, 5) is 12.8. The van der Waals surface area contributed by atoms with Crippen LogP contribution in [-0.4, -0.2) is 34.6 Å². The summed E-state index contributed by atoms with van der Waals surface area (Å²) >= 11 is 0. The lowest BCUT2D eigenvalue weighted by molar-refractivity contribution is -0.127. The molecular weight excluding hydrogens is 130 g/mol. The van der Waals surface area contributed by atoms with Crippen LogP contribution in [0.25, 0.3) is 0 Å². The number of fused-ring (bicyclic) bond motifs is 1. The minimum Gasteiger partial charge on any atom is -0.390 e. The van der Waals surface area contributed by atoms with Crippen molar-refractivity contribution in [3.05, 3.63) is 0 Å². The fraction of sp³-hybridized carbons (Fsp3) is 0.857. The maximum atomic E-state index is 11.0. The largest absolute Gasteiger partial charge is 0.390 e. The molecule has 2 heterocycles. The number of carbonyl (C=O) groups is 1. The molecule has 1 amide bonds. The van der Waals surface area contributed by atoms with Crippen molar-refractivity contribution >= 4 is 5.91 Å². The molecule has 3 nitrogen and oxygen atoms in total. The summed E-state index contributed by atoms with van der Waals surface area (Å²) in [7, 11) is 0. The predicted octanol–water partition coefficient (Wildman–Crippen LogP) is -0.258. The van der Waals surface area contributed by atoms with Crippen LogP contribution in [-0.2, 0) is 4.79 Å². The Kier molecular flexibility index (Phi) is 1.20. The van der Waals surface area contributed by atoms with Gasteiger partial charge in [-0.25, -0.2) is 0 Å². The van der Waals surface area contributed by atoms with Crippen LogP contribution in [0.3, 0.4) is 0 Å². The number of aliphatic hydroxyl groups excluding tert-OH is 1. The van der Waals surface area contributed by atoms with Gasteiger partial charge in [-0.1, -0.05) is 0 Å². The van der Waals surface area contributed by atoms with Crippen molar-refractivity contribution in [2.45, 2.75) is 31.4 Å². The topological polar surface area (TPSA) is 40.5 Å². The minimum atomic E-state index is -0.380. The molecule has 0 saturated carbocycles. The Labute approximate surface area is 59.6 Å². The molecule has 2 aliphatic rings. The van der Waals surface area contributed by atoms with Crippen molar-refractivity contribution in [1.82, 2.24) is 4.90 Å². The standard InChI is InChI=1S/C7H11NO2/c9-6-4-7(10)8-3-1-2-5(6)8/h5-6,9H,1-4H2/t5-,6-/m1/s1. The molecule has 2 rings (SSSR count). The van der Waals surface area contributed by atoms with Gasteiger partial charge in [0.25, 0.3) is 0 Å². The summed E-state index contributed by atoms with van der Waals surface area (Å²) in [5.41, 5.74) is 0. The van der Waals surface area contributed by atoms with Gasteiger partial charge in [-0.05, 0) is 12.8 Å². The van der Waals surface area contributed by atoms with Gasteiger partial charge in [0.1, 0.15) is 0 Å². The number of hydrogen-bond acceptors (Lipinski definition) is 2. The molecule has 0 aliphatic carbocycles. The minimum absolute atomic E-state index is 0.134. The molecule has 0 aromatic heterocycles. The van der Waals surface area contributed by atoms with Gasteiger partial charge in [0.05, 0.1) is 18.6 Å². The molecule has 2 aliphatic heterocycles. The normalized spacial score (nSPS) is 38.9. The first-order chi connectivity index (χ1) is 4.79. The van der Waals surface area contributed by atoms with E-state index in [2.05, 4.69) is 0 Å². The van der Waals surface area contributed by atoms with Gasteiger partial charge in [0.2, 0.25) is 5.91 Å². The molecule has 0 bridgehead atoms. The van der Waals surface area contributed by atoms with Crippen LogP contribution < -0.4 is 0 Å². The second kappa shape index (κ2) is 1.95. The highest BCUT2D eigenvalue weighted by molar-refractivity contribution is 5.80. The van der Waals surface area contributed by atoms with Crippen LogP contribution in [0.2, 0.25) is 0 Å².